The third-order valence-electron chi connectivity index (χ3n) is 5.64. The van der Waals surface area contributed by atoms with Gasteiger partial charge in [0.2, 0.25) is 0 Å². The SMILES string of the molecule is CN(C)[C@H]1Cc2ccccc2[C@H]1Cc1ccc(OCc2ccccc2)cc1. The summed E-state index contributed by atoms with van der Waals surface area (Å²) in [5.74, 6) is 1.48. The molecule has 3 aromatic carbocycles. The lowest BCUT2D eigenvalue weighted by Crippen LogP contribution is -2.32. The van der Waals surface area contributed by atoms with Crippen molar-refractivity contribution < 1.29 is 4.74 Å². The molecule has 0 aliphatic heterocycles. The fraction of sp³-hybridized carbons (Fsp3) is 0.280. The molecule has 3 aromatic rings. The van der Waals surface area contributed by atoms with Gasteiger partial charge in [-0.25, -0.2) is 0 Å². The molecule has 0 spiro atoms. The third-order valence-corrected chi connectivity index (χ3v) is 5.64. The second kappa shape index (κ2) is 7.98. The van der Waals surface area contributed by atoms with Gasteiger partial charge < -0.3 is 9.64 Å². The van der Waals surface area contributed by atoms with Crippen LogP contribution in [0.1, 0.15) is 28.2 Å². The maximum atomic E-state index is 5.92. The van der Waals surface area contributed by atoms with Crippen LogP contribution in [0.15, 0.2) is 78.9 Å². The second-order valence-electron chi connectivity index (χ2n) is 7.66. The van der Waals surface area contributed by atoms with E-state index in [2.05, 4.69) is 79.7 Å². The molecule has 0 saturated heterocycles. The van der Waals surface area contributed by atoms with Crippen LogP contribution < -0.4 is 4.74 Å². The number of hydrogen-bond donors (Lipinski definition) is 0. The molecule has 2 atom stereocenters. The lowest BCUT2D eigenvalue weighted by molar-refractivity contribution is 0.265. The van der Waals surface area contributed by atoms with E-state index < -0.39 is 0 Å². The van der Waals surface area contributed by atoms with Crippen molar-refractivity contribution >= 4 is 0 Å². The zero-order valence-electron chi connectivity index (χ0n) is 16.1. The number of ether oxygens (including phenoxy) is 1. The predicted molar refractivity (Wildman–Crippen MR) is 111 cm³/mol. The molecule has 0 unspecified atom stereocenters. The van der Waals surface area contributed by atoms with E-state index in [1.54, 1.807) is 0 Å². The van der Waals surface area contributed by atoms with Gasteiger partial charge in [0.15, 0.2) is 0 Å². The van der Waals surface area contributed by atoms with Gasteiger partial charge in [0.1, 0.15) is 12.4 Å². The maximum absolute atomic E-state index is 5.92. The normalized spacial score (nSPS) is 18.5. The lowest BCUT2D eigenvalue weighted by atomic mass is 9.90. The Bertz CT molecular complexity index is 870. The van der Waals surface area contributed by atoms with E-state index in [-0.39, 0.29) is 0 Å². The molecule has 27 heavy (non-hydrogen) atoms. The minimum Gasteiger partial charge on any atom is -0.489 e. The number of hydrogen-bond acceptors (Lipinski definition) is 2. The van der Waals surface area contributed by atoms with Crippen LogP contribution >= 0.6 is 0 Å². The van der Waals surface area contributed by atoms with Gasteiger partial charge in [0.05, 0.1) is 0 Å². The summed E-state index contributed by atoms with van der Waals surface area (Å²) in [6.07, 6.45) is 2.21. The summed E-state index contributed by atoms with van der Waals surface area (Å²) in [5.41, 5.74) is 5.58. The van der Waals surface area contributed by atoms with Crippen LogP contribution in [-0.2, 0) is 19.4 Å². The van der Waals surface area contributed by atoms with Crippen LogP contribution in [0.5, 0.6) is 5.75 Å². The number of benzene rings is 3. The molecule has 1 aliphatic carbocycles. The molecular formula is C25H27NO. The molecule has 2 nitrogen and oxygen atoms in total. The van der Waals surface area contributed by atoms with Crippen molar-refractivity contribution in [3.8, 4) is 5.75 Å². The first kappa shape index (κ1) is 17.8. The van der Waals surface area contributed by atoms with E-state index in [0.717, 1.165) is 18.6 Å². The van der Waals surface area contributed by atoms with Crippen molar-refractivity contribution in [1.82, 2.24) is 4.90 Å². The molecule has 0 fully saturated rings. The molecule has 0 heterocycles. The summed E-state index contributed by atoms with van der Waals surface area (Å²) in [4.78, 5) is 2.38. The van der Waals surface area contributed by atoms with E-state index in [4.69, 9.17) is 4.74 Å². The fourth-order valence-corrected chi connectivity index (χ4v) is 4.16. The van der Waals surface area contributed by atoms with E-state index in [0.29, 0.717) is 18.6 Å². The Balaban J connectivity index is 1.44. The summed E-state index contributed by atoms with van der Waals surface area (Å²) in [6, 6.07) is 28.4. The van der Waals surface area contributed by atoms with Crippen molar-refractivity contribution in [2.24, 2.45) is 0 Å². The van der Waals surface area contributed by atoms with Gasteiger partial charge in [-0.3, -0.25) is 0 Å². The highest BCUT2D eigenvalue weighted by atomic mass is 16.5. The molecule has 0 radical (unpaired) electrons. The first-order valence-electron chi connectivity index (χ1n) is 9.70. The molecule has 4 rings (SSSR count). The van der Waals surface area contributed by atoms with Gasteiger partial charge in [-0.1, -0.05) is 66.7 Å². The molecule has 2 heteroatoms. The first-order chi connectivity index (χ1) is 13.2. The van der Waals surface area contributed by atoms with Crippen molar-refractivity contribution in [3.05, 3.63) is 101 Å². The monoisotopic (exact) mass is 357 g/mol. The zero-order valence-corrected chi connectivity index (χ0v) is 16.1. The molecule has 0 aromatic heterocycles. The molecule has 1 aliphatic rings. The van der Waals surface area contributed by atoms with E-state index in [1.807, 2.05) is 18.2 Å². The molecule has 0 saturated carbocycles. The Morgan fingerprint density at radius 2 is 1.52 bits per heavy atom. The minimum absolute atomic E-state index is 0.548. The average Bonchev–Trinajstić information content (AvgIpc) is 3.07. The maximum Gasteiger partial charge on any atom is 0.119 e. The Hall–Kier alpha value is -2.58. The largest absolute Gasteiger partial charge is 0.489 e. The van der Waals surface area contributed by atoms with Gasteiger partial charge in [0, 0.05) is 12.0 Å². The Morgan fingerprint density at radius 3 is 2.26 bits per heavy atom. The number of fused-ring (bicyclic) bond motifs is 1. The van der Waals surface area contributed by atoms with Crippen LogP contribution in [0.2, 0.25) is 0 Å². The summed E-state index contributed by atoms with van der Waals surface area (Å²) in [5, 5.41) is 0. The molecule has 138 valence electrons. The molecular weight excluding hydrogens is 330 g/mol. The van der Waals surface area contributed by atoms with Gasteiger partial charge in [-0.15, -0.1) is 0 Å². The summed E-state index contributed by atoms with van der Waals surface area (Å²) in [6.45, 7) is 0.610. The number of nitrogens with zero attached hydrogens (tertiary/aromatic N) is 1. The highest BCUT2D eigenvalue weighted by Gasteiger charge is 2.33. The van der Waals surface area contributed by atoms with E-state index in [1.165, 1.54) is 22.3 Å². The van der Waals surface area contributed by atoms with Crippen LogP contribution in [-0.4, -0.2) is 25.0 Å². The van der Waals surface area contributed by atoms with Crippen LogP contribution in [0.3, 0.4) is 0 Å². The van der Waals surface area contributed by atoms with Crippen LogP contribution in [0, 0.1) is 0 Å². The minimum atomic E-state index is 0.548. The van der Waals surface area contributed by atoms with E-state index >= 15 is 0 Å². The zero-order chi connectivity index (χ0) is 18.6. The Kier molecular flexibility index (Phi) is 5.26. The summed E-state index contributed by atoms with van der Waals surface area (Å²) < 4.78 is 5.92. The highest BCUT2D eigenvalue weighted by Crippen LogP contribution is 2.38. The first-order valence-corrected chi connectivity index (χ1v) is 9.70. The standard InChI is InChI=1S/C25H27NO/c1-26(2)25-17-21-10-6-7-11-23(21)24(25)16-19-12-14-22(15-13-19)27-18-20-8-4-3-5-9-20/h3-15,24-25H,16-18H2,1-2H3/t24-,25+/m1/s1. The molecule has 0 amide bonds. The van der Waals surface area contributed by atoms with Crippen molar-refractivity contribution in [3.63, 3.8) is 0 Å². The van der Waals surface area contributed by atoms with Crippen molar-refractivity contribution in [1.29, 1.82) is 0 Å². The van der Waals surface area contributed by atoms with Crippen LogP contribution in [0.25, 0.3) is 0 Å². The average molecular weight is 357 g/mol. The predicted octanol–water partition coefficient (Wildman–Crippen LogP) is 5.08. The molecule has 0 bridgehead atoms. The summed E-state index contributed by atoms with van der Waals surface area (Å²) in [7, 11) is 4.40. The van der Waals surface area contributed by atoms with Gasteiger partial charge >= 0.3 is 0 Å². The van der Waals surface area contributed by atoms with Gasteiger partial charge in [0.25, 0.3) is 0 Å². The fourth-order valence-electron chi connectivity index (χ4n) is 4.16. The number of rotatable bonds is 6. The highest BCUT2D eigenvalue weighted by molar-refractivity contribution is 5.40. The van der Waals surface area contributed by atoms with Crippen LogP contribution in [0.4, 0.5) is 0 Å². The third kappa shape index (κ3) is 4.06. The number of likely N-dealkylation sites (N-methyl/N-ethyl adjacent to an activating group) is 1. The smallest absolute Gasteiger partial charge is 0.119 e. The Labute approximate surface area is 162 Å². The molecule has 0 N–H and O–H groups in total. The van der Waals surface area contributed by atoms with E-state index in [9.17, 15) is 0 Å². The van der Waals surface area contributed by atoms with Gasteiger partial charge in [-0.05, 0) is 61.3 Å². The topological polar surface area (TPSA) is 12.5 Å². The Morgan fingerprint density at radius 1 is 0.815 bits per heavy atom. The van der Waals surface area contributed by atoms with Crippen molar-refractivity contribution in [2.45, 2.75) is 31.4 Å². The van der Waals surface area contributed by atoms with Crippen molar-refractivity contribution in [2.75, 3.05) is 14.1 Å². The quantitative estimate of drug-likeness (QED) is 0.610. The van der Waals surface area contributed by atoms with Gasteiger partial charge in [-0.2, -0.15) is 0 Å². The second-order valence-corrected chi connectivity index (χ2v) is 7.66. The lowest BCUT2D eigenvalue weighted by Gasteiger charge is -2.27. The summed E-state index contributed by atoms with van der Waals surface area (Å²) >= 11 is 0.